The highest BCUT2D eigenvalue weighted by atomic mass is 35.5. The first-order valence-corrected chi connectivity index (χ1v) is 10.5. The molecule has 1 aliphatic rings. The summed E-state index contributed by atoms with van der Waals surface area (Å²) in [6, 6.07) is 10.6. The summed E-state index contributed by atoms with van der Waals surface area (Å²) < 4.78 is 1.31. The van der Waals surface area contributed by atoms with E-state index >= 15 is 0 Å². The Kier molecular flexibility index (Phi) is 5.38. The average molecular weight is 439 g/mol. The van der Waals surface area contributed by atoms with Crippen LogP contribution in [0.4, 0.5) is 5.69 Å². The maximum atomic E-state index is 12.8. The second kappa shape index (κ2) is 7.88. The van der Waals surface area contributed by atoms with Crippen LogP contribution in [0.15, 0.2) is 41.3 Å². The Hall–Kier alpha value is -3.08. The number of piperidine rings is 1. The highest BCUT2D eigenvalue weighted by Crippen LogP contribution is 2.40. The quantitative estimate of drug-likeness (QED) is 0.650. The number of benzene rings is 1. The topological polar surface area (TPSA) is 102 Å². The minimum absolute atomic E-state index is 0.0150. The molecule has 4 rings (SSSR count). The number of aliphatic hydroxyl groups is 1. The van der Waals surface area contributed by atoms with Crippen LogP contribution in [-0.4, -0.2) is 38.5 Å². The number of fused-ring (bicyclic) bond motifs is 1. The lowest BCUT2D eigenvalue weighted by Crippen LogP contribution is -2.48. The Morgan fingerprint density at radius 2 is 1.97 bits per heavy atom. The van der Waals surface area contributed by atoms with E-state index in [0.29, 0.717) is 47.5 Å². The van der Waals surface area contributed by atoms with E-state index in [-0.39, 0.29) is 17.2 Å². The third-order valence-electron chi connectivity index (χ3n) is 6.42. The average Bonchev–Trinajstić information content (AvgIpc) is 2.77. The van der Waals surface area contributed by atoms with Gasteiger partial charge in [-0.15, -0.1) is 0 Å². The molecule has 1 saturated heterocycles. The van der Waals surface area contributed by atoms with E-state index in [1.165, 1.54) is 10.6 Å². The fourth-order valence-corrected chi connectivity index (χ4v) is 4.59. The molecule has 0 spiro atoms. The Balaban J connectivity index is 1.70. The van der Waals surface area contributed by atoms with Crippen molar-refractivity contribution in [2.24, 2.45) is 7.05 Å². The number of para-hydroxylation sites is 1. The zero-order valence-electron chi connectivity index (χ0n) is 17.3. The standard InChI is InChI=1S/C23H23ClN4O3/c1-14(18-7-6-15(24)13-26-18)23(31)8-10-28(11-9-23)20-16-4-3-5-19(29)21(16)27(2)22(30)17(20)12-25/h3-7,13-14,29,31H,8-11H2,1-2H3. The van der Waals surface area contributed by atoms with Gasteiger partial charge in [0.05, 0.1) is 21.8 Å². The highest BCUT2D eigenvalue weighted by Gasteiger charge is 2.39. The van der Waals surface area contributed by atoms with Crippen LogP contribution in [0.25, 0.3) is 10.9 Å². The lowest BCUT2D eigenvalue weighted by atomic mass is 9.78. The maximum Gasteiger partial charge on any atom is 0.270 e. The first-order chi connectivity index (χ1) is 14.8. The van der Waals surface area contributed by atoms with E-state index in [1.807, 2.05) is 24.0 Å². The lowest BCUT2D eigenvalue weighted by Gasteiger charge is -2.43. The summed E-state index contributed by atoms with van der Waals surface area (Å²) in [6.07, 6.45) is 2.46. The Labute approximate surface area is 184 Å². The molecule has 7 nitrogen and oxygen atoms in total. The molecule has 0 aliphatic carbocycles. The van der Waals surface area contributed by atoms with Gasteiger partial charge in [0.25, 0.3) is 5.56 Å². The van der Waals surface area contributed by atoms with Crippen molar-refractivity contribution in [2.75, 3.05) is 18.0 Å². The molecule has 0 radical (unpaired) electrons. The molecule has 1 aromatic carbocycles. The third-order valence-corrected chi connectivity index (χ3v) is 6.64. The Morgan fingerprint density at radius 1 is 1.26 bits per heavy atom. The number of nitrogens with zero attached hydrogens (tertiary/aromatic N) is 4. The molecule has 8 heteroatoms. The number of aromatic hydroxyl groups is 1. The van der Waals surface area contributed by atoms with Crippen molar-refractivity contribution >= 4 is 28.2 Å². The summed E-state index contributed by atoms with van der Waals surface area (Å²) in [7, 11) is 1.55. The van der Waals surface area contributed by atoms with Gasteiger partial charge in [0.15, 0.2) is 0 Å². The minimum atomic E-state index is -0.970. The van der Waals surface area contributed by atoms with E-state index in [0.717, 1.165) is 5.69 Å². The van der Waals surface area contributed by atoms with Gasteiger partial charge in [-0.05, 0) is 31.0 Å². The van der Waals surface area contributed by atoms with Gasteiger partial charge in [-0.3, -0.25) is 9.78 Å². The summed E-state index contributed by atoms with van der Waals surface area (Å²) in [4.78, 5) is 19.1. The predicted molar refractivity (Wildman–Crippen MR) is 120 cm³/mol. The van der Waals surface area contributed by atoms with Crippen molar-refractivity contribution < 1.29 is 10.2 Å². The Bertz CT molecular complexity index is 1240. The highest BCUT2D eigenvalue weighted by molar-refractivity contribution is 6.30. The van der Waals surface area contributed by atoms with Crippen LogP contribution in [0.3, 0.4) is 0 Å². The number of phenolic OH excluding ortho intramolecular Hbond substituents is 1. The van der Waals surface area contributed by atoms with Crippen LogP contribution in [0.5, 0.6) is 5.75 Å². The molecule has 1 aliphatic heterocycles. The summed E-state index contributed by atoms with van der Waals surface area (Å²) in [5.74, 6) is -0.217. The van der Waals surface area contributed by atoms with Crippen molar-refractivity contribution in [1.29, 1.82) is 5.26 Å². The number of rotatable bonds is 3. The number of aromatic nitrogens is 2. The van der Waals surface area contributed by atoms with Gasteiger partial charge < -0.3 is 19.7 Å². The van der Waals surface area contributed by atoms with Crippen molar-refractivity contribution in [1.82, 2.24) is 9.55 Å². The number of halogens is 1. The largest absolute Gasteiger partial charge is 0.506 e. The van der Waals surface area contributed by atoms with Crippen LogP contribution in [0, 0.1) is 11.3 Å². The number of nitriles is 1. The normalized spacial score (nSPS) is 16.8. The number of hydrogen-bond donors (Lipinski definition) is 2. The molecule has 31 heavy (non-hydrogen) atoms. The summed E-state index contributed by atoms with van der Waals surface area (Å²) in [5, 5.41) is 32.6. The first-order valence-electron chi connectivity index (χ1n) is 10.1. The number of anilines is 1. The van der Waals surface area contributed by atoms with Gasteiger partial charge in [0.2, 0.25) is 0 Å². The van der Waals surface area contributed by atoms with E-state index in [9.17, 15) is 20.3 Å². The lowest BCUT2D eigenvalue weighted by molar-refractivity contribution is -0.00662. The van der Waals surface area contributed by atoms with Crippen LogP contribution >= 0.6 is 11.6 Å². The second-order valence-corrected chi connectivity index (χ2v) is 8.52. The molecule has 3 aromatic rings. The second-order valence-electron chi connectivity index (χ2n) is 8.09. The SMILES string of the molecule is CC(c1ccc(Cl)cn1)C1(O)CCN(c2c(C#N)c(=O)n(C)c3c(O)cccc23)CC1. The molecule has 1 fully saturated rings. The predicted octanol–water partition coefficient (Wildman–Crippen LogP) is 3.30. The molecule has 0 saturated carbocycles. The molecule has 2 aromatic heterocycles. The molecule has 3 heterocycles. The van der Waals surface area contributed by atoms with Gasteiger partial charge in [0, 0.05) is 43.3 Å². The van der Waals surface area contributed by atoms with Gasteiger partial charge in [0.1, 0.15) is 17.4 Å². The monoisotopic (exact) mass is 438 g/mol. The van der Waals surface area contributed by atoms with Crippen molar-refractivity contribution in [3.8, 4) is 11.8 Å². The van der Waals surface area contributed by atoms with Crippen LogP contribution in [0.1, 0.15) is 36.9 Å². The van der Waals surface area contributed by atoms with Crippen molar-refractivity contribution in [3.05, 3.63) is 63.2 Å². The fourth-order valence-electron chi connectivity index (χ4n) is 4.48. The van der Waals surface area contributed by atoms with Gasteiger partial charge in [-0.2, -0.15) is 5.26 Å². The third kappa shape index (κ3) is 3.52. The van der Waals surface area contributed by atoms with Crippen LogP contribution < -0.4 is 10.5 Å². The van der Waals surface area contributed by atoms with E-state index in [1.54, 1.807) is 31.4 Å². The number of hydrogen-bond acceptors (Lipinski definition) is 6. The maximum absolute atomic E-state index is 12.8. The smallest absolute Gasteiger partial charge is 0.270 e. The molecule has 1 atom stereocenters. The fraction of sp³-hybridized carbons (Fsp3) is 0.348. The number of aryl methyl sites for hydroxylation is 1. The molecule has 160 valence electrons. The van der Waals surface area contributed by atoms with Gasteiger partial charge >= 0.3 is 0 Å². The zero-order chi connectivity index (χ0) is 22.3. The zero-order valence-corrected chi connectivity index (χ0v) is 18.1. The molecular weight excluding hydrogens is 416 g/mol. The van der Waals surface area contributed by atoms with Crippen molar-refractivity contribution in [3.63, 3.8) is 0 Å². The molecule has 0 amide bonds. The number of phenols is 1. The van der Waals surface area contributed by atoms with Gasteiger partial charge in [-0.1, -0.05) is 30.7 Å². The minimum Gasteiger partial charge on any atom is -0.506 e. The van der Waals surface area contributed by atoms with Gasteiger partial charge in [-0.25, -0.2) is 0 Å². The molecule has 0 bridgehead atoms. The number of pyridine rings is 2. The summed E-state index contributed by atoms with van der Waals surface area (Å²) >= 11 is 5.93. The Morgan fingerprint density at radius 3 is 2.58 bits per heavy atom. The van der Waals surface area contributed by atoms with Crippen molar-refractivity contribution in [2.45, 2.75) is 31.3 Å². The molecule has 2 N–H and O–H groups in total. The van der Waals surface area contributed by atoms with E-state index < -0.39 is 11.2 Å². The van der Waals surface area contributed by atoms with E-state index in [2.05, 4.69) is 4.98 Å². The summed E-state index contributed by atoms with van der Waals surface area (Å²) in [5.41, 5.74) is 0.283. The molecule has 1 unspecified atom stereocenters. The van der Waals surface area contributed by atoms with Crippen LogP contribution in [0.2, 0.25) is 5.02 Å². The first kappa shape index (κ1) is 21.2. The van der Waals surface area contributed by atoms with Crippen LogP contribution in [-0.2, 0) is 7.05 Å². The summed E-state index contributed by atoms with van der Waals surface area (Å²) in [6.45, 7) is 2.86. The van der Waals surface area contributed by atoms with E-state index in [4.69, 9.17) is 11.6 Å². The molecular formula is C23H23ClN4O3.